The minimum atomic E-state index is -3.82. The highest BCUT2D eigenvalue weighted by molar-refractivity contribution is 7.92. The molecule has 1 aromatic rings. The molecule has 12 heteroatoms. The molecule has 0 radical (unpaired) electrons. The first kappa shape index (κ1) is 26.6. The van der Waals surface area contributed by atoms with Crippen LogP contribution in [0.25, 0.3) is 0 Å². The molecule has 2 aliphatic heterocycles. The summed E-state index contributed by atoms with van der Waals surface area (Å²) in [4.78, 5) is 26.2. The number of hydrogen-bond donors (Lipinski definition) is 1. The molecule has 4 rings (SSSR count). The van der Waals surface area contributed by atoms with Gasteiger partial charge >= 0.3 is 12.6 Å². The van der Waals surface area contributed by atoms with E-state index < -0.39 is 28.2 Å². The first-order chi connectivity index (χ1) is 17.1. The number of hydrogen-bond acceptors (Lipinski definition) is 10. The van der Waals surface area contributed by atoms with Crippen molar-refractivity contribution >= 4 is 21.8 Å². The number of aryl methyl sites for hydroxylation is 2. The Hall–Kier alpha value is -2.41. The van der Waals surface area contributed by atoms with Crippen LogP contribution in [0, 0.1) is 13.8 Å². The summed E-state index contributed by atoms with van der Waals surface area (Å²) in [7, 11) is -0.164. The maximum atomic E-state index is 13.6. The van der Waals surface area contributed by atoms with Crippen LogP contribution in [0.5, 0.6) is 5.75 Å². The van der Waals surface area contributed by atoms with Gasteiger partial charge in [0.05, 0.1) is 18.0 Å². The molecule has 0 spiro atoms. The van der Waals surface area contributed by atoms with Gasteiger partial charge in [-0.2, -0.15) is 4.99 Å². The topological polar surface area (TPSA) is 121 Å². The van der Waals surface area contributed by atoms with E-state index >= 15 is 0 Å². The molecule has 1 N–H and O–H groups in total. The number of carboxylic acid groups (broad SMARTS) is 1. The van der Waals surface area contributed by atoms with E-state index in [1.807, 2.05) is 0 Å². The van der Waals surface area contributed by atoms with Crippen LogP contribution in [-0.4, -0.2) is 105 Å². The number of rotatable bonds is 7. The summed E-state index contributed by atoms with van der Waals surface area (Å²) in [6.45, 7) is 7.47. The fourth-order valence-corrected chi connectivity index (χ4v) is 7.31. The van der Waals surface area contributed by atoms with Gasteiger partial charge in [0.25, 0.3) is 0 Å². The number of benzene rings is 1. The molecule has 0 amide bonds. The van der Waals surface area contributed by atoms with Crippen molar-refractivity contribution in [3.63, 3.8) is 0 Å². The Morgan fingerprint density at radius 2 is 1.78 bits per heavy atom. The molecule has 1 aliphatic carbocycles. The average molecular weight is 525 g/mol. The highest BCUT2D eigenvalue weighted by Gasteiger charge is 2.40. The molecule has 2 heterocycles. The zero-order valence-corrected chi connectivity index (χ0v) is 22.2. The van der Waals surface area contributed by atoms with Crippen molar-refractivity contribution in [3.8, 4) is 5.75 Å². The fourth-order valence-electron chi connectivity index (χ4n) is 5.52. The van der Waals surface area contributed by atoms with Gasteiger partial charge in [0.1, 0.15) is 17.3 Å². The summed E-state index contributed by atoms with van der Waals surface area (Å²) in [6, 6.07) is 3.59. The zero-order valence-electron chi connectivity index (χ0n) is 21.3. The van der Waals surface area contributed by atoms with Crippen LogP contribution in [0.4, 0.5) is 4.79 Å². The van der Waals surface area contributed by atoms with Crippen LogP contribution in [0.1, 0.15) is 36.8 Å². The normalized spacial score (nSPS) is 26.1. The Morgan fingerprint density at radius 1 is 1.14 bits per heavy atom. The second kappa shape index (κ2) is 10.9. The van der Waals surface area contributed by atoms with Gasteiger partial charge in [0, 0.05) is 32.2 Å². The highest BCUT2D eigenvalue weighted by Crippen LogP contribution is 2.32. The molecule has 3 aliphatic rings. The zero-order chi connectivity index (χ0) is 26.0. The molecule has 0 bridgehead atoms. The van der Waals surface area contributed by atoms with E-state index in [9.17, 15) is 13.2 Å². The van der Waals surface area contributed by atoms with E-state index in [-0.39, 0.29) is 16.8 Å². The van der Waals surface area contributed by atoms with Crippen LogP contribution in [0.3, 0.4) is 0 Å². The maximum absolute atomic E-state index is 13.6. The second-order valence-electron chi connectivity index (χ2n) is 9.83. The lowest BCUT2D eigenvalue weighted by Crippen LogP contribution is -2.53. The molecule has 1 aromatic carbocycles. The average Bonchev–Trinajstić information content (AvgIpc) is 3.19. The van der Waals surface area contributed by atoms with Crippen molar-refractivity contribution in [2.75, 3.05) is 46.1 Å². The lowest BCUT2D eigenvalue weighted by Gasteiger charge is -2.43. The van der Waals surface area contributed by atoms with Crippen LogP contribution < -0.4 is 4.74 Å². The number of amidine groups is 1. The highest BCUT2D eigenvalue weighted by atomic mass is 32.2. The fraction of sp³-hybridized carbons (Fsp3) is 0.667. The van der Waals surface area contributed by atoms with Gasteiger partial charge in [-0.05, 0) is 69.8 Å². The van der Waals surface area contributed by atoms with Gasteiger partial charge < -0.3 is 19.5 Å². The van der Waals surface area contributed by atoms with Crippen LogP contribution in [-0.2, 0) is 19.4 Å². The van der Waals surface area contributed by atoms with E-state index in [2.05, 4.69) is 21.8 Å². The lowest BCUT2D eigenvalue weighted by atomic mass is 9.89. The summed E-state index contributed by atoms with van der Waals surface area (Å²) < 4.78 is 37.1. The Balaban J connectivity index is 1.56. The summed E-state index contributed by atoms with van der Waals surface area (Å²) >= 11 is 0. The molecule has 3 atom stereocenters. The number of likely N-dealkylation sites (N-methyl/N-ethyl adjacent to an activating group) is 1. The minimum absolute atomic E-state index is 0.127. The van der Waals surface area contributed by atoms with Crippen molar-refractivity contribution in [2.45, 2.75) is 62.9 Å². The number of nitrogens with zero attached hydrogens (tertiary/aromatic N) is 4. The number of sulfone groups is 1. The largest absolute Gasteiger partial charge is 0.509 e. The van der Waals surface area contributed by atoms with Crippen LogP contribution in [0.15, 0.2) is 22.0 Å². The van der Waals surface area contributed by atoms with Crippen molar-refractivity contribution in [2.24, 2.45) is 4.99 Å². The van der Waals surface area contributed by atoms with Gasteiger partial charge in [-0.1, -0.05) is 0 Å². The summed E-state index contributed by atoms with van der Waals surface area (Å²) in [5.74, 6) is 0.329. The van der Waals surface area contributed by atoms with E-state index in [1.165, 1.54) is 12.2 Å². The van der Waals surface area contributed by atoms with Gasteiger partial charge in [0.15, 0.2) is 9.84 Å². The predicted octanol–water partition coefficient (Wildman–Crippen LogP) is 2.27. The van der Waals surface area contributed by atoms with E-state index in [4.69, 9.17) is 19.4 Å². The first-order valence-corrected chi connectivity index (χ1v) is 14.0. The molecule has 0 aromatic heterocycles. The first-order valence-electron chi connectivity index (χ1n) is 12.3. The minimum Gasteiger partial charge on any atom is -0.497 e. The number of aliphatic imine (C=N–C) groups is 1. The predicted molar refractivity (Wildman–Crippen MR) is 133 cm³/mol. The third-order valence-electron chi connectivity index (χ3n) is 7.22. The van der Waals surface area contributed by atoms with E-state index in [0.717, 1.165) is 51.9 Å². The third-order valence-corrected chi connectivity index (χ3v) is 9.12. The Morgan fingerprint density at radius 3 is 2.39 bits per heavy atom. The molecular weight excluding hydrogens is 488 g/mol. The Bertz CT molecular complexity index is 1080. The van der Waals surface area contributed by atoms with Gasteiger partial charge in [0.2, 0.25) is 0 Å². The molecule has 1 unspecified atom stereocenters. The molecule has 11 nitrogen and oxygen atoms in total. The van der Waals surface area contributed by atoms with Gasteiger partial charge in [-0.15, -0.1) is 0 Å². The molecule has 1 saturated heterocycles. The smallest absolute Gasteiger partial charge is 0.497 e. The molecule has 2 fully saturated rings. The quantitative estimate of drug-likeness (QED) is 0.532. The van der Waals surface area contributed by atoms with Crippen molar-refractivity contribution < 1.29 is 32.6 Å². The molecule has 1 saturated carbocycles. The summed E-state index contributed by atoms with van der Waals surface area (Å²) in [5.41, 5.74) is 1.15. The maximum Gasteiger partial charge on any atom is 0.509 e. The number of methoxy groups -OCH3 is 1. The number of carbonyl (C=O) groups is 1. The molecule has 200 valence electrons. The van der Waals surface area contributed by atoms with Crippen LogP contribution in [0.2, 0.25) is 0 Å². The van der Waals surface area contributed by atoms with Crippen molar-refractivity contribution in [3.05, 3.63) is 23.3 Å². The number of hydroxylamine groups is 2. The lowest BCUT2D eigenvalue weighted by molar-refractivity contribution is -0.227. The van der Waals surface area contributed by atoms with E-state index in [1.54, 1.807) is 26.0 Å². The third kappa shape index (κ3) is 5.93. The SMILES string of the molecule is COc1cc(C)c(S(=O)(=O)CC2=NC(OC(=O)O)ON2[C@H]2CCC[C@@H](N3CCN(C)CC3)C2)c(C)c1. The van der Waals surface area contributed by atoms with Crippen LogP contribution >= 0.6 is 0 Å². The van der Waals surface area contributed by atoms with Crippen molar-refractivity contribution in [1.82, 2.24) is 14.9 Å². The molecular formula is C24H36N4O7S. The monoisotopic (exact) mass is 524 g/mol. The van der Waals surface area contributed by atoms with Gasteiger partial charge in [-0.25, -0.2) is 23.1 Å². The van der Waals surface area contributed by atoms with Crippen molar-refractivity contribution in [1.29, 1.82) is 0 Å². The summed E-state index contributed by atoms with van der Waals surface area (Å²) in [5, 5.41) is 10.6. The Labute approximate surface area is 212 Å². The second-order valence-corrected chi connectivity index (χ2v) is 11.8. The Kier molecular flexibility index (Phi) is 8.08. The number of piperazine rings is 1. The number of ether oxygens (including phenoxy) is 2. The molecule has 36 heavy (non-hydrogen) atoms. The summed E-state index contributed by atoms with van der Waals surface area (Å²) in [6.07, 6.45) is 0.650. The standard InChI is InChI=1S/C24H36N4O7S/c1-16-12-20(33-4)13-17(2)22(16)36(31,32)15-21-25-23(34-24(29)30)35-28(21)19-7-5-6-18(14-19)27-10-8-26(3)9-11-27/h12-13,18-19,23H,5-11,14-15H2,1-4H3,(H,29,30)/t18-,19+,23?/m1/s1. The van der Waals surface area contributed by atoms with E-state index in [0.29, 0.717) is 22.9 Å². The van der Waals surface area contributed by atoms with Gasteiger partial charge in [-0.3, -0.25) is 4.90 Å².